The van der Waals surface area contributed by atoms with E-state index in [2.05, 4.69) is 20.8 Å². The number of esters is 2. The smallest absolute Gasteiger partial charge is 0.332 e. The first-order chi connectivity index (χ1) is 6.56. The van der Waals surface area contributed by atoms with E-state index in [-0.39, 0.29) is 19.6 Å². The van der Waals surface area contributed by atoms with Crippen LogP contribution >= 0.6 is 0 Å². The van der Waals surface area contributed by atoms with Gasteiger partial charge in [0.25, 0.3) is 0 Å². The van der Waals surface area contributed by atoms with Crippen molar-refractivity contribution in [1.29, 1.82) is 0 Å². The fraction of sp³-hybridized carbons (Fsp3) is 0.556. The van der Waals surface area contributed by atoms with Crippen molar-refractivity contribution in [3.8, 4) is 0 Å². The van der Waals surface area contributed by atoms with Crippen molar-refractivity contribution < 1.29 is 23.8 Å². The molecule has 0 bridgehead atoms. The minimum Gasteiger partial charge on any atom is -0.463 e. The van der Waals surface area contributed by atoms with Gasteiger partial charge in [0.15, 0.2) is 0 Å². The molecule has 0 aromatic carbocycles. The van der Waals surface area contributed by atoms with Gasteiger partial charge in [0.2, 0.25) is 0 Å². The molecule has 0 saturated carbocycles. The average molecular weight is 202 g/mol. The maximum absolute atomic E-state index is 10.9. The standard InChI is InChI=1S/C9H14O5/c1-7(2)14-8(10)4-5-13-9(11)6-12-3/h1,4-6H2,2-3H3. The first-order valence-electron chi connectivity index (χ1n) is 4.07. The predicted molar refractivity (Wildman–Crippen MR) is 48.4 cm³/mol. The summed E-state index contributed by atoms with van der Waals surface area (Å²) in [5, 5.41) is 0. The van der Waals surface area contributed by atoms with E-state index in [1.807, 2.05) is 0 Å². The molecule has 0 radical (unpaired) electrons. The molecule has 0 atom stereocenters. The summed E-state index contributed by atoms with van der Waals surface area (Å²) in [7, 11) is 1.39. The molecular weight excluding hydrogens is 188 g/mol. The predicted octanol–water partition coefficient (Wildman–Crippen LogP) is 0.643. The van der Waals surface area contributed by atoms with Crippen LogP contribution < -0.4 is 0 Å². The van der Waals surface area contributed by atoms with Crippen LogP contribution in [0.2, 0.25) is 0 Å². The molecule has 0 aliphatic carbocycles. The Morgan fingerprint density at radius 2 is 1.93 bits per heavy atom. The molecule has 5 heteroatoms. The van der Waals surface area contributed by atoms with Crippen LogP contribution in [0.4, 0.5) is 0 Å². The van der Waals surface area contributed by atoms with Crippen LogP contribution in [0, 0.1) is 0 Å². The third-order valence-corrected chi connectivity index (χ3v) is 1.12. The number of methoxy groups -OCH3 is 1. The maximum atomic E-state index is 10.9. The van der Waals surface area contributed by atoms with Crippen LogP contribution in [-0.4, -0.2) is 32.3 Å². The zero-order chi connectivity index (χ0) is 11.0. The highest BCUT2D eigenvalue weighted by atomic mass is 16.6. The van der Waals surface area contributed by atoms with E-state index in [1.54, 1.807) is 6.92 Å². The van der Waals surface area contributed by atoms with E-state index < -0.39 is 11.9 Å². The lowest BCUT2D eigenvalue weighted by atomic mass is 10.4. The Balaban J connectivity index is 3.49. The van der Waals surface area contributed by atoms with Gasteiger partial charge in [-0.25, -0.2) is 4.79 Å². The molecule has 0 aliphatic rings. The molecule has 0 aliphatic heterocycles. The molecule has 0 aromatic rings. The van der Waals surface area contributed by atoms with Crippen molar-refractivity contribution in [3.63, 3.8) is 0 Å². The summed E-state index contributed by atoms with van der Waals surface area (Å²) in [5.41, 5.74) is 0. The SMILES string of the molecule is C=C(C)OC(=O)CCOC(=O)COC. The third kappa shape index (κ3) is 7.30. The lowest BCUT2D eigenvalue weighted by Crippen LogP contribution is -2.14. The Bertz CT molecular complexity index is 221. The number of carbonyl (C=O) groups excluding carboxylic acids is 2. The van der Waals surface area contributed by atoms with Crippen molar-refractivity contribution in [1.82, 2.24) is 0 Å². The fourth-order valence-corrected chi connectivity index (χ4v) is 0.653. The molecule has 5 nitrogen and oxygen atoms in total. The van der Waals surface area contributed by atoms with Crippen molar-refractivity contribution in [2.45, 2.75) is 13.3 Å². The van der Waals surface area contributed by atoms with E-state index in [0.29, 0.717) is 5.76 Å². The average Bonchev–Trinajstić information content (AvgIpc) is 2.02. The lowest BCUT2D eigenvalue weighted by Gasteiger charge is -2.04. The van der Waals surface area contributed by atoms with Crippen LogP contribution in [0.15, 0.2) is 12.3 Å². The second-order valence-corrected chi connectivity index (χ2v) is 2.58. The number of ether oxygens (including phenoxy) is 3. The lowest BCUT2D eigenvalue weighted by molar-refractivity contribution is -0.150. The maximum Gasteiger partial charge on any atom is 0.332 e. The molecule has 0 aromatic heterocycles. The van der Waals surface area contributed by atoms with Crippen molar-refractivity contribution in [3.05, 3.63) is 12.3 Å². The Morgan fingerprint density at radius 3 is 2.43 bits per heavy atom. The van der Waals surface area contributed by atoms with E-state index in [1.165, 1.54) is 7.11 Å². The highest BCUT2D eigenvalue weighted by molar-refractivity contribution is 5.73. The molecule has 0 saturated heterocycles. The van der Waals surface area contributed by atoms with Crippen LogP contribution in [0.3, 0.4) is 0 Å². The van der Waals surface area contributed by atoms with Gasteiger partial charge < -0.3 is 14.2 Å². The van der Waals surface area contributed by atoms with E-state index >= 15 is 0 Å². The van der Waals surface area contributed by atoms with Gasteiger partial charge in [-0.2, -0.15) is 0 Å². The topological polar surface area (TPSA) is 61.8 Å². The van der Waals surface area contributed by atoms with Crippen LogP contribution in [-0.2, 0) is 23.8 Å². The quantitative estimate of drug-likeness (QED) is 0.467. The van der Waals surface area contributed by atoms with E-state index in [0.717, 1.165) is 0 Å². The second-order valence-electron chi connectivity index (χ2n) is 2.58. The largest absolute Gasteiger partial charge is 0.463 e. The molecule has 0 amide bonds. The van der Waals surface area contributed by atoms with Crippen LogP contribution in [0.5, 0.6) is 0 Å². The molecule has 14 heavy (non-hydrogen) atoms. The number of hydrogen-bond acceptors (Lipinski definition) is 5. The van der Waals surface area contributed by atoms with E-state index in [9.17, 15) is 9.59 Å². The number of allylic oxidation sites excluding steroid dienone is 1. The number of carbonyl (C=O) groups is 2. The van der Waals surface area contributed by atoms with Gasteiger partial charge in [-0.05, 0) is 6.92 Å². The third-order valence-electron chi connectivity index (χ3n) is 1.12. The molecule has 0 heterocycles. The summed E-state index contributed by atoms with van der Waals surface area (Å²) in [6, 6.07) is 0. The van der Waals surface area contributed by atoms with Gasteiger partial charge in [0, 0.05) is 7.11 Å². The first-order valence-corrected chi connectivity index (χ1v) is 4.07. The summed E-state index contributed by atoms with van der Waals surface area (Å²) < 4.78 is 13.8. The van der Waals surface area contributed by atoms with Crippen molar-refractivity contribution >= 4 is 11.9 Å². The van der Waals surface area contributed by atoms with Crippen LogP contribution in [0.1, 0.15) is 13.3 Å². The zero-order valence-corrected chi connectivity index (χ0v) is 8.37. The van der Waals surface area contributed by atoms with Crippen LogP contribution in [0.25, 0.3) is 0 Å². The van der Waals surface area contributed by atoms with Crippen molar-refractivity contribution in [2.75, 3.05) is 20.3 Å². The Morgan fingerprint density at radius 1 is 1.29 bits per heavy atom. The molecule has 0 unspecified atom stereocenters. The molecule has 0 spiro atoms. The molecule has 0 fully saturated rings. The normalized spacial score (nSPS) is 9.29. The van der Waals surface area contributed by atoms with Gasteiger partial charge >= 0.3 is 11.9 Å². The second kappa shape index (κ2) is 7.08. The Labute approximate surface area is 82.6 Å². The molecule has 80 valence electrons. The molecule has 0 rings (SSSR count). The van der Waals surface area contributed by atoms with Gasteiger partial charge in [0.05, 0.1) is 12.2 Å². The highest BCUT2D eigenvalue weighted by Crippen LogP contribution is 1.95. The minimum atomic E-state index is -0.504. The van der Waals surface area contributed by atoms with E-state index in [4.69, 9.17) is 0 Å². The van der Waals surface area contributed by atoms with Gasteiger partial charge in [-0.1, -0.05) is 6.58 Å². The summed E-state index contributed by atoms with van der Waals surface area (Å²) in [6.07, 6.45) is 0.0162. The highest BCUT2D eigenvalue weighted by Gasteiger charge is 2.06. The molecule has 0 N–H and O–H groups in total. The summed E-state index contributed by atoms with van der Waals surface area (Å²) in [6.45, 7) is 4.84. The van der Waals surface area contributed by atoms with Gasteiger partial charge in [-0.3, -0.25) is 4.79 Å². The monoisotopic (exact) mass is 202 g/mol. The van der Waals surface area contributed by atoms with Gasteiger partial charge in [-0.15, -0.1) is 0 Å². The summed E-state index contributed by atoms with van der Waals surface area (Å²) in [5.74, 6) is -0.656. The number of rotatable bonds is 6. The van der Waals surface area contributed by atoms with Gasteiger partial charge in [0.1, 0.15) is 13.2 Å². The Kier molecular flexibility index (Phi) is 6.39. The minimum absolute atomic E-state index is 0.00565. The fourth-order valence-electron chi connectivity index (χ4n) is 0.653. The Hall–Kier alpha value is -1.36. The number of hydrogen-bond donors (Lipinski definition) is 0. The molecular formula is C9H14O5. The first kappa shape index (κ1) is 12.6. The summed E-state index contributed by atoms with van der Waals surface area (Å²) in [4.78, 5) is 21.6. The summed E-state index contributed by atoms with van der Waals surface area (Å²) >= 11 is 0. The van der Waals surface area contributed by atoms with Crippen molar-refractivity contribution in [2.24, 2.45) is 0 Å². The zero-order valence-electron chi connectivity index (χ0n) is 8.37.